The van der Waals surface area contributed by atoms with Crippen LogP contribution in [0, 0.1) is 6.92 Å². The Bertz CT molecular complexity index is 397. The Labute approximate surface area is 105 Å². The van der Waals surface area contributed by atoms with E-state index in [2.05, 4.69) is 28.9 Å². The molecule has 1 amide bonds. The van der Waals surface area contributed by atoms with E-state index in [1.54, 1.807) is 0 Å². The number of carbonyl (C=O) groups excluding carboxylic acids is 1. The second kappa shape index (κ2) is 5.00. The number of carbonyl (C=O) groups is 1. The standard InChI is InChI=1S/C13H16BrNO/c1-10-4-5-12(14)8-11(10)9-13(16)15-6-2-3-7-15/h4-5,8H,2-3,6-7,9H2,1H3. The van der Waals surface area contributed by atoms with Gasteiger partial charge in [0.2, 0.25) is 5.91 Å². The summed E-state index contributed by atoms with van der Waals surface area (Å²) in [5.41, 5.74) is 2.32. The highest BCUT2D eigenvalue weighted by Crippen LogP contribution is 2.18. The van der Waals surface area contributed by atoms with Crippen molar-refractivity contribution < 1.29 is 4.79 Å². The van der Waals surface area contributed by atoms with Crippen LogP contribution in [-0.4, -0.2) is 23.9 Å². The lowest BCUT2D eigenvalue weighted by Crippen LogP contribution is -2.29. The molecule has 1 aliphatic heterocycles. The van der Waals surface area contributed by atoms with Crippen LogP contribution in [0.1, 0.15) is 24.0 Å². The fourth-order valence-corrected chi connectivity index (χ4v) is 2.48. The number of amides is 1. The molecule has 1 fully saturated rings. The first-order valence-corrected chi connectivity index (χ1v) is 6.49. The highest BCUT2D eigenvalue weighted by molar-refractivity contribution is 9.10. The van der Waals surface area contributed by atoms with E-state index in [0.717, 1.165) is 36.0 Å². The van der Waals surface area contributed by atoms with Gasteiger partial charge < -0.3 is 4.90 Å². The van der Waals surface area contributed by atoms with E-state index in [1.807, 2.05) is 17.0 Å². The van der Waals surface area contributed by atoms with Gasteiger partial charge in [-0.25, -0.2) is 0 Å². The lowest BCUT2D eigenvalue weighted by atomic mass is 10.1. The number of hydrogen-bond acceptors (Lipinski definition) is 1. The quantitative estimate of drug-likeness (QED) is 0.816. The molecule has 0 unspecified atom stereocenters. The molecule has 0 spiro atoms. The van der Waals surface area contributed by atoms with Crippen molar-refractivity contribution in [2.75, 3.05) is 13.1 Å². The maximum atomic E-state index is 12.0. The molecule has 3 heteroatoms. The van der Waals surface area contributed by atoms with Crippen molar-refractivity contribution in [2.45, 2.75) is 26.2 Å². The van der Waals surface area contributed by atoms with Gasteiger partial charge in [-0.15, -0.1) is 0 Å². The summed E-state index contributed by atoms with van der Waals surface area (Å²) in [6.45, 7) is 3.93. The molecule has 0 N–H and O–H groups in total. The monoisotopic (exact) mass is 281 g/mol. The number of benzene rings is 1. The molecule has 1 aliphatic rings. The Kier molecular flexibility index (Phi) is 3.64. The van der Waals surface area contributed by atoms with Gasteiger partial charge in [-0.3, -0.25) is 4.79 Å². The summed E-state index contributed by atoms with van der Waals surface area (Å²) in [6, 6.07) is 6.11. The molecule has 2 rings (SSSR count). The lowest BCUT2D eigenvalue weighted by molar-refractivity contribution is -0.129. The van der Waals surface area contributed by atoms with E-state index in [9.17, 15) is 4.79 Å². The van der Waals surface area contributed by atoms with Gasteiger partial charge >= 0.3 is 0 Å². The van der Waals surface area contributed by atoms with Crippen LogP contribution in [0.2, 0.25) is 0 Å². The average Bonchev–Trinajstić information content (AvgIpc) is 2.76. The highest BCUT2D eigenvalue weighted by Gasteiger charge is 2.18. The molecular weight excluding hydrogens is 266 g/mol. The molecule has 0 atom stereocenters. The average molecular weight is 282 g/mol. The molecule has 1 aromatic rings. The minimum atomic E-state index is 0.263. The van der Waals surface area contributed by atoms with Crippen LogP contribution in [0.25, 0.3) is 0 Å². The fourth-order valence-electron chi connectivity index (χ4n) is 2.07. The van der Waals surface area contributed by atoms with Crippen LogP contribution in [0.15, 0.2) is 22.7 Å². The highest BCUT2D eigenvalue weighted by atomic mass is 79.9. The lowest BCUT2D eigenvalue weighted by Gasteiger charge is -2.16. The third-order valence-electron chi connectivity index (χ3n) is 3.11. The summed E-state index contributed by atoms with van der Waals surface area (Å²) >= 11 is 3.44. The number of likely N-dealkylation sites (tertiary alicyclic amines) is 1. The van der Waals surface area contributed by atoms with Gasteiger partial charge in [0.25, 0.3) is 0 Å². The molecule has 0 aliphatic carbocycles. The molecule has 0 aromatic heterocycles. The molecule has 2 nitrogen and oxygen atoms in total. The summed E-state index contributed by atoms with van der Waals surface area (Å²) in [5, 5.41) is 0. The minimum absolute atomic E-state index is 0.263. The second-order valence-corrected chi connectivity index (χ2v) is 5.25. The SMILES string of the molecule is Cc1ccc(Br)cc1CC(=O)N1CCCC1. The fraction of sp³-hybridized carbons (Fsp3) is 0.462. The molecule has 1 aromatic carbocycles. The summed E-state index contributed by atoms with van der Waals surface area (Å²) in [4.78, 5) is 14.0. The predicted molar refractivity (Wildman–Crippen MR) is 68.4 cm³/mol. The van der Waals surface area contributed by atoms with Crippen molar-refractivity contribution in [3.05, 3.63) is 33.8 Å². The maximum absolute atomic E-state index is 12.0. The van der Waals surface area contributed by atoms with E-state index < -0.39 is 0 Å². The molecule has 1 heterocycles. The Morgan fingerprint density at radius 1 is 1.38 bits per heavy atom. The molecule has 0 bridgehead atoms. The van der Waals surface area contributed by atoms with Gasteiger partial charge in [-0.2, -0.15) is 0 Å². The molecule has 0 radical (unpaired) electrons. The zero-order valence-corrected chi connectivity index (χ0v) is 11.1. The minimum Gasteiger partial charge on any atom is -0.342 e. The van der Waals surface area contributed by atoms with Gasteiger partial charge in [-0.05, 0) is 43.0 Å². The van der Waals surface area contributed by atoms with E-state index in [-0.39, 0.29) is 5.91 Å². The topological polar surface area (TPSA) is 20.3 Å². The van der Waals surface area contributed by atoms with Crippen LogP contribution in [-0.2, 0) is 11.2 Å². The summed E-state index contributed by atoms with van der Waals surface area (Å²) < 4.78 is 1.04. The zero-order chi connectivity index (χ0) is 11.5. The second-order valence-electron chi connectivity index (χ2n) is 4.34. The van der Waals surface area contributed by atoms with Crippen molar-refractivity contribution in [1.82, 2.24) is 4.90 Å². The van der Waals surface area contributed by atoms with Crippen molar-refractivity contribution in [3.8, 4) is 0 Å². The Balaban J connectivity index is 2.07. The third kappa shape index (κ3) is 2.64. The number of rotatable bonds is 2. The summed E-state index contributed by atoms with van der Waals surface area (Å²) in [7, 11) is 0. The van der Waals surface area contributed by atoms with E-state index in [4.69, 9.17) is 0 Å². The number of halogens is 1. The van der Waals surface area contributed by atoms with E-state index >= 15 is 0 Å². The molecule has 86 valence electrons. The zero-order valence-electron chi connectivity index (χ0n) is 9.50. The van der Waals surface area contributed by atoms with Crippen LogP contribution in [0.3, 0.4) is 0 Å². The van der Waals surface area contributed by atoms with Crippen molar-refractivity contribution in [2.24, 2.45) is 0 Å². The Morgan fingerprint density at radius 3 is 2.75 bits per heavy atom. The Morgan fingerprint density at radius 2 is 2.06 bits per heavy atom. The Hall–Kier alpha value is -0.830. The van der Waals surface area contributed by atoms with Gasteiger partial charge in [0.05, 0.1) is 6.42 Å². The van der Waals surface area contributed by atoms with Crippen molar-refractivity contribution in [3.63, 3.8) is 0 Å². The number of hydrogen-bond donors (Lipinski definition) is 0. The third-order valence-corrected chi connectivity index (χ3v) is 3.60. The normalized spacial score (nSPS) is 15.5. The largest absolute Gasteiger partial charge is 0.342 e. The van der Waals surface area contributed by atoms with Crippen LogP contribution in [0.4, 0.5) is 0 Å². The first kappa shape index (κ1) is 11.6. The summed E-state index contributed by atoms with van der Waals surface area (Å²) in [6.07, 6.45) is 2.84. The summed E-state index contributed by atoms with van der Waals surface area (Å²) in [5.74, 6) is 0.263. The van der Waals surface area contributed by atoms with Crippen LogP contribution < -0.4 is 0 Å². The van der Waals surface area contributed by atoms with Crippen molar-refractivity contribution >= 4 is 21.8 Å². The number of aryl methyl sites for hydroxylation is 1. The smallest absolute Gasteiger partial charge is 0.226 e. The number of nitrogens with zero attached hydrogens (tertiary/aromatic N) is 1. The van der Waals surface area contributed by atoms with E-state index in [0.29, 0.717) is 6.42 Å². The van der Waals surface area contributed by atoms with Gasteiger partial charge in [0.1, 0.15) is 0 Å². The molecule has 0 saturated carbocycles. The maximum Gasteiger partial charge on any atom is 0.226 e. The molecule has 1 saturated heterocycles. The molecule has 16 heavy (non-hydrogen) atoms. The van der Waals surface area contributed by atoms with Gasteiger partial charge in [-0.1, -0.05) is 22.0 Å². The predicted octanol–water partition coefficient (Wildman–Crippen LogP) is 2.92. The van der Waals surface area contributed by atoms with Crippen LogP contribution in [0.5, 0.6) is 0 Å². The van der Waals surface area contributed by atoms with E-state index in [1.165, 1.54) is 5.56 Å². The molecular formula is C13H16BrNO. The van der Waals surface area contributed by atoms with Gasteiger partial charge in [0, 0.05) is 17.6 Å². The first-order chi connectivity index (χ1) is 7.66. The van der Waals surface area contributed by atoms with Gasteiger partial charge in [0.15, 0.2) is 0 Å². The van der Waals surface area contributed by atoms with Crippen LogP contribution >= 0.6 is 15.9 Å². The first-order valence-electron chi connectivity index (χ1n) is 5.69. The van der Waals surface area contributed by atoms with Crippen molar-refractivity contribution in [1.29, 1.82) is 0 Å².